The zero-order valence-corrected chi connectivity index (χ0v) is 17.5. The number of carbonyl (C=O) groups is 1. The highest BCUT2D eigenvalue weighted by Gasteiger charge is 2.32. The number of carboxylic acids is 1. The quantitative estimate of drug-likeness (QED) is 0.324. The van der Waals surface area contributed by atoms with Crippen LogP contribution in [0.15, 0.2) is 54.7 Å². The average molecular weight is 525 g/mol. The molecule has 5 nitrogen and oxygen atoms in total. The molecule has 0 unspecified atom stereocenters. The van der Waals surface area contributed by atoms with Gasteiger partial charge in [0.15, 0.2) is 0 Å². The van der Waals surface area contributed by atoms with Crippen molar-refractivity contribution in [2.75, 3.05) is 0 Å². The molecule has 4 aromatic rings. The number of rotatable bonds is 5. The maximum Gasteiger partial charge on any atom is 0.417 e. The Morgan fingerprint density at radius 2 is 1.87 bits per heavy atom. The van der Waals surface area contributed by atoms with Crippen LogP contribution in [0.1, 0.15) is 12.0 Å². The number of H-pyrrole nitrogens is 1. The van der Waals surface area contributed by atoms with Crippen molar-refractivity contribution in [3.8, 4) is 22.5 Å². The summed E-state index contributed by atoms with van der Waals surface area (Å²) in [5.74, 6) is -0.851. The summed E-state index contributed by atoms with van der Waals surface area (Å²) in [6.45, 7) is 0.388. The Balaban J connectivity index is 1.62. The molecule has 2 N–H and O–H groups in total. The highest BCUT2D eigenvalue weighted by atomic mass is 127. The van der Waals surface area contributed by atoms with Crippen molar-refractivity contribution < 1.29 is 23.1 Å². The smallest absolute Gasteiger partial charge is 0.417 e. The lowest BCUT2D eigenvalue weighted by molar-refractivity contribution is -0.138. The highest BCUT2D eigenvalue weighted by molar-refractivity contribution is 14.1. The van der Waals surface area contributed by atoms with Gasteiger partial charge in [0.1, 0.15) is 0 Å². The number of benzene rings is 2. The third kappa shape index (κ3) is 4.07. The number of nitrogens with one attached hydrogen (secondary N) is 1. The van der Waals surface area contributed by atoms with Crippen molar-refractivity contribution in [2.24, 2.45) is 0 Å². The molecule has 154 valence electrons. The molecule has 0 saturated carbocycles. The molecule has 0 fully saturated rings. The lowest BCUT2D eigenvalue weighted by Gasteiger charge is -2.09. The second-order valence-corrected chi connectivity index (χ2v) is 7.95. The van der Waals surface area contributed by atoms with E-state index in [9.17, 15) is 18.0 Å². The van der Waals surface area contributed by atoms with Gasteiger partial charge in [-0.3, -0.25) is 9.89 Å². The van der Waals surface area contributed by atoms with Crippen LogP contribution in [-0.2, 0) is 17.5 Å². The van der Waals surface area contributed by atoms with Gasteiger partial charge in [0.2, 0.25) is 0 Å². The minimum atomic E-state index is -4.39. The number of hydrogen-bond acceptors (Lipinski definition) is 2. The van der Waals surface area contributed by atoms with E-state index in [2.05, 4.69) is 10.2 Å². The normalized spacial score (nSPS) is 11.9. The molecule has 2 aromatic heterocycles. The van der Waals surface area contributed by atoms with Gasteiger partial charge in [-0.2, -0.15) is 18.3 Å². The maximum atomic E-state index is 13.0. The third-order valence-corrected chi connectivity index (χ3v) is 5.69. The second kappa shape index (κ2) is 7.78. The molecule has 0 spiro atoms. The molecule has 9 heteroatoms. The molecular weight excluding hydrogens is 510 g/mol. The fourth-order valence-electron chi connectivity index (χ4n) is 3.30. The summed E-state index contributed by atoms with van der Waals surface area (Å²) in [6, 6.07) is 13.4. The number of carboxylic acid groups (broad SMARTS) is 1. The topological polar surface area (TPSA) is 70.9 Å². The Morgan fingerprint density at radius 3 is 2.57 bits per heavy atom. The molecule has 0 aliphatic heterocycles. The van der Waals surface area contributed by atoms with E-state index in [4.69, 9.17) is 5.11 Å². The Labute approximate surface area is 182 Å². The zero-order chi connectivity index (χ0) is 21.5. The third-order valence-electron chi connectivity index (χ3n) is 4.80. The van der Waals surface area contributed by atoms with Crippen molar-refractivity contribution in [3.63, 3.8) is 0 Å². The van der Waals surface area contributed by atoms with Gasteiger partial charge in [0.05, 0.1) is 23.4 Å². The van der Waals surface area contributed by atoms with Gasteiger partial charge in [-0.15, -0.1) is 0 Å². The van der Waals surface area contributed by atoms with Gasteiger partial charge in [-0.25, -0.2) is 0 Å². The lowest BCUT2D eigenvalue weighted by Crippen LogP contribution is -2.07. The molecule has 2 aromatic carbocycles. The summed E-state index contributed by atoms with van der Waals surface area (Å²) < 4.78 is 40.9. The van der Waals surface area contributed by atoms with Crippen molar-refractivity contribution >= 4 is 39.5 Å². The molecule has 0 bridgehead atoms. The Kier molecular flexibility index (Phi) is 5.31. The number of aromatic nitrogens is 3. The van der Waals surface area contributed by atoms with E-state index < -0.39 is 17.7 Å². The monoisotopic (exact) mass is 525 g/mol. The highest BCUT2D eigenvalue weighted by Crippen LogP contribution is 2.35. The van der Waals surface area contributed by atoms with Crippen molar-refractivity contribution in [2.45, 2.75) is 19.1 Å². The average Bonchev–Trinajstić information content (AvgIpc) is 3.32. The molecule has 30 heavy (non-hydrogen) atoms. The SMILES string of the molecule is O=C(O)CCn1ccc2cc(-c3cc(-c4ccc(C(F)(F)F)c(I)c4)n[nH]3)ccc21. The van der Waals surface area contributed by atoms with Crippen LogP contribution in [0.4, 0.5) is 13.2 Å². The van der Waals surface area contributed by atoms with Gasteiger partial charge in [-0.1, -0.05) is 12.1 Å². The summed E-state index contributed by atoms with van der Waals surface area (Å²) in [5, 5.41) is 17.0. The van der Waals surface area contributed by atoms with Crippen LogP contribution in [0.2, 0.25) is 0 Å². The number of aliphatic carboxylic acids is 1. The molecule has 0 aliphatic carbocycles. The number of alkyl halides is 3. The van der Waals surface area contributed by atoms with Crippen LogP contribution in [0.5, 0.6) is 0 Å². The van der Waals surface area contributed by atoms with Gasteiger partial charge in [0.25, 0.3) is 0 Å². The zero-order valence-electron chi connectivity index (χ0n) is 15.4. The van der Waals surface area contributed by atoms with Gasteiger partial charge in [-0.05, 0) is 59.0 Å². The first kappa shape index (κ1) is 20.5. The molecule has 0 amide bonds. The van der Waals surface area contributed by atoms with Crippen LogP contribution < -0.4 is 0 Å². The number of fused-ring (bicyclic) bond motifs is 1. The summed E-state index contributed by atoms with van der Waals surface area (Å²) in [4.78, 5) is 10.8. The van der Waals surface area contributed by atoms with E-state index >= 15 is 0 Å². The van der Waals surface area contributed by atoms with E-state index in [0.717, 1.165) is 28.2 Å². The second-order valence-electron chi connectivity index (χ2n) is 6.79. The summed E-state index contributed by atoms with van der Waals surface area (Å²) in [6.07, 6.45) is -2.50. The Hall–Kier alpha value is -2.82. The van der Waals surface area contributed by atoms with E-state index in [1.54, 1.807) is 28.7 Å². The maximum absolute atomic E-state index is 13.0. The van der Waals surface area contributed by atoms with E-state index in [0.29, 0.717) is 17.8 Å². The molecular formula is C21H15F3IN3O2. The van der Waals surface area contributed by atoms with Crippen LogP contribution in [0, 0.1) is 3.57 Å². The predicted molar refractivity (Wildman–Crippen MR) is 115 cm³/mol. The number of hydrogen-bond donors (Lipinski definition) is 2. The molecule has 2 heterocycles. The fourth-order valence-corrected chi connectivity index (χ4v) is 4.12. The standard InChI is InChI=1S/C21H15F3IN3O2/c22-21(23,24)15-3-1-13(10-16(15)25)18-11-17(26-27-18)12-2-4-19-14(9-12)5-7-28(19)8-6-20(29)30/h1-5,7,9-11H,6,8H2,(H,26,27)(H,29,30). The van der Waals surface area contributed by atoms with Crippen molar-refractivity contribution in [1.29, 1.82) is 0 Å². The van der Waals surface area contributed by atoms with E-state index in [1.807, 2.05) is 35.0 Å². The first-order chi connectivity index (χ1) is 14.2. The minimum absolute atomic E-state index is 0.0430. The molecule has 0 atom stereocenters. The van der Waals surface area contributed by atoms with Crippen LogP contribution in [-0.4, -0.2) is 25.8 Å². The van der Waals surface area contributed by atoms with E-state index in [1.165, 1.54) is 12.1 Å². The first-order valence-corrected chi connectivity index (χ1v) is 10.0. The van der Waals surface area contributed by atoms with E-state index in [-0.39, 0.29) is 9.99 Å². The van der Waals surface area contributed by atoms with Crippen molar-refractivity contribution in [1.82, 2.24) is 14.8 Å². The first-order valence-electron chi connectivity index (χ1n) is 8.96. The Morgan fingerprint density at radius 1 is 1.10 bits per heavy atom. The number of aryl methyl sites for hydroxylation is 1. The van der Waals surface area contributed by atoms with Gasteiger partial charge < -0.3 is 9.67 Å². The number of aromatic amines is 1. The van der Waals surface area contributed by atoms with Crippen LogP contribution in [0.3, 0.4) is 0 Å². The molecule has 0 aliphatic rings. The predicted octanol–water partition coefficient (Wildman–Crippen LogP) is 5.80. The minimum Gasteiger partial charge on any atom is -0.481 e. The van der Waals surface area contributed by atoms with Gasteiger partial charge >= 0.3 is 12.1 Å². The molecule has 4 rings (SSSR count). The van der Waals surface area contributed by atoms with Crippen LogP contribution in [0.25, 0.3) is 33.4 Å². The van der Waals surface area contributed by atoms with Crippen LogP contribution >= 0.6 is 22.6 Å². The lowest BCUT2D eigenvalue weighted by atomic mass is 10.1. The largest absolute Gasteiger partial charge is 0.481 e. The fraction of sp³-hybridized carbons (Fsp3) is 0.143. The van der Waals surface area contributed by atoms with Crippen molar-refractivity contribution in [3.05, 3.63) is 63.9 Å². The molecule has 0 radical (unpaired) electrons. The summed E-state index contributed by atoms with van der Waals surface area (Å²) in [5.41, 5.74) is 3.02. The summed E-state index contributed by atoms with van der Waals surface area (Å²) >= 11 is 1.68. The molecule has 0 saturated heterocycles. The number of halogens is 4. The Bertz CT molecular complexity index is 1240. The number of nitrogens with zero attached hydrogens (tertiary/aromatic N) is 2. The summed E-state index contributed by atoms with van der Waals surface area (Å²) in [7, 11) is 0. The van der Waals surface area contributed by atoms with Gasteiger partial charge in [0, 0.05) is 38.3 Å².